The van der Waals surface area contributed by atoms with Crippen LogP contribution in [0, 0.1) is 56.2 Å². The summed E-state index contributed by atoms with van der Waals surface area (Å²) in [5.74, 6) is -3.51. The second-order valence-corrected chi connectivity index (χ2v) is 66.2. The smallest absolute Gasteiger partial charge is 0.861 e. The zero-order chi connectivity index (χ0) is 79.4. The van der Waals surface area contributed by atoms with Crippen molar-refractivity contribution in [2.75, 3.05) is 13.2 Å². The van der Waals surface area contributed by atoms with Crippen LogP contribution in [-0.2, 0) is 74.6 Å². The quantitative estimate of drug-likeness (QED) is 0.0123. The minimum atomic E-state index is -5.89. The number of carbonyl (C=O) groups is 4. The monoisotopic (exact) mass is 1670 g/mol. The Bertz CT molecular complexity index is 3010. The van der Waals surface area contributed by atoms with Gasteiger partial charge in [-0.3, -0.25) is 19.2 Å². The number of alkyl halides is 6. The molecule has 8 aliphatic carbocycles. The van der Waals surface area contributed by atoms with Gasteiger partial charge in [0, 0.05) is 16.9 Å². The van der Waals surface area contributed by atoms with E-state index in [2.05, 4.69) is 100 Å². The van der Waals surface area contributed by atoms with Crippen molar-refractivity contribution in [2.45, 2.75) is 325 Å². The van der Waals surface area contributed by atoms with Gasteiger partial charge in [-0.05, 0) is 304 Å². The molecule has 8 saturated carbocycles. The largest absolute Gasteiger partial charge is 1.00 e. The molecule has 596 valence electrons. The predicted molar refractivity (Wildman–Crippen MR) is 395 cm³/mol. The number of carbonyl (C=O) groups excluding carboxylic acids is 4. The zero-order valence-corrected chi connectivity index (χ0v) is 80.9. The average Bonchev–Trinajstić information content (AvgIpc) is 0.719. The Hall–Kier alpha value is 0.0777. The SMILES string of the molecule is CCC(C)(C)C(=O)OC12CC3CC(C1)CC(C([O-])=NS(=O)(=O)C(F)(F)F)(C3)C2.CCC(C)(C)C(=O)OC12CC3CC(C1)CC(C([O-])=NS(=O)(=O)C(F)(F)F)(C3)C2.CCC(C)(C)C(=O)OCCC[Si](C)(C)O[Si](C)(C)C.CCC(C)(C)C(=O)OCCC[Si](O[Si](C)(C)C)(O[Si](C)(C)C)O[Si](C)(C)C.[K+].[Na+]. The van der Waals surface area contributed by atoms with Crippen LogP contribution in [0.2, 0.25) is 104 Å². The molecule has 20 nitrogen and oxygen atoms in total. The third-order valence-corrected chi connectivity index (χ3v) is 40.5. The molecule has 8 rings (SSSR count). The van der Waals surface area contributed by atoms with E-state index in [4.69, 9.17) is 35.4 Å². The topological polar surface area (TPSA) is 281 Å². The maximum absolute atomic E-state index is 12.7. The number of esters is 4. The number of halogens is 6. The summed E-state index contributed by atoms with van der Waals surface area (Å²) in [6.45, 7) is 54.2. The third kappa shape index (κ3) is 30.1. The van der Waals surface area contributed by atoms with Crippen molar-refractivity contribution in [3.63, 3.8) is 0 Å². The number of rotatable bonds is 30. The van der Waals surface area contributed by atoms with Gasteiger partial charge in [0.15, 0.2) is 41.6 Å². The molecule has 0 radical (unpaired) electrons. The summed E-state index contributed by atoms with van der Waals surface area (Å²) in [4.78, 5) is 49.3. The third-order valence-electron chi connectivity index (χ3n) is 20.3. The van der Waals surface area contributed by atoms with E-state index in [1.165, 1.54) is 0 Å². The van der Waals surface area contributed by atoms with E-state index >= 15 is 0 Å². The van der Waals surface area contributed by atoms with Crippen LogP contribution in [0.1, 0.15) is 199 Å². The van der Waals surface area contributed by atoms with Crippen molar-refractivity contribution in [1.82, 2.24) is 0 Å². The number of hydrogen-bond acceptors (Lipinski definition) is 18. The Morgan fingerprint density at radius 1 is 0.433 bits per heavy atom. The fourth-order valence-corrected chi connectivity index (χ4v) is 38.5. The van der Waals surface area contributed by atoms with Gasteiger partial charge in [0.2, 0.25) is 0 Å². The summed E-state index contributed by atoms with van der Waals surface area (Å²) in [6, 6.07) is 1.75. The number of hydrogen-bond donors (Lipinski definition) is 0. The molecule has 4 atom stereocenters. The summed E-state index contributed by atoms with van der Waals surface area (Å²) in [5.41, 5.74) is -17.9. The normalized spacial score (nSPS) is 25.5. The van der Waals surface area contributed by atoms with Crippen LogP contribution in [0.15, 0.2) is 8.80 Å². The summed E-state index contributed by atoms with van der Waals surface area (Å²) >= 11 is 0. The van der Waals surface area contributed by atoms with Crippen LogP contribution in [0.4, 0.5) is 26.3 Å². The second kappa shape index (κ2) is 37.1. The van der Waals surface area contributed by atoms with Gasteiger partial charge >= 0.3 is 145 Å². The number of sulfonamides is 2. The standard InChI is InChI=1S/2C18H26F3NO5S.C18H44O5Si4.C14H32O3Si2.K.Na/c2*1-4-15(2,3)14(24)27-17-8-11-5-12(9-17)7-16(6-11,10-17)13(23)22-28(25,26)18(19,20)21;1-13-18(2,3)17(19)20-15-14-16-27(21-24(4,5)6,22-25(7,8)9)23-26(10,11)12;1-9-14(2,3)13(15)16-11-10-12-19(7,8)17-18(4,5)6;;/h2*11-12H,4-10H2,1-3H3,(H,22,23);13-16H2,1-12H3;9-12H2,1-8H3;;/q;;;;2*+1/p-2. The van der Waals surface area contributed by atoms with E-state index in [1.807, 2.05) is 55.4 Å². The molecule has 8 fully saturated rings. The van der Waals surface area contributed by atoms with Gasteiger partial charge in [-0.25, -0.2) is 0 Å². The van der Waals surface area contributed by atoms with Crippen molar-refractivity contribution >= 4 is 106 Å². The first-order valence-electron chi connectivity index (χ1n) is 36.3. The number of nitrogens with zero attached hydrogens (tertiary/aromatic N) is 2. The number of ether oxygens (including phenoxy) is 4. The summed E-state index contributed by atoms with van der Waals surface area (Å²) < 4.78 is 176. The maximum Gasteiger partial charge on any atom is 1.00 e. The molecule has 0 saturated heterocycles. The van der Waals surface area contributed by atoms with Crippen molar-refractivity contribution in [3.8, 4) is 0 Å². The zero-order valence-electron chi connectivity index (χ0n) is 68.2. The van der Waals surface area contributed by atoms with Crippen molar-refractivity contribution < 1.29 is 189 Å². The Morgan fingerprint density at radius 2 is 0.683 bits per heavy atom. The Morgan fingerprint density at radius 3 is 0.923 bits per heavy atom. The first kappa shape index (κ1) is 102. The van der Waals surface area contributed by atoms with E-state index in [-0.39, 0.29) is 160 Å². The first-order chi connectivity index (χ1) is 45.5. The molecule has 0 aliphatic heterocycles. The van der Waals surface area contributed by atoms with Gasteiger partial charge in [0.1, 0.15) is 11.2 Å². The molecule has 0 amide bonds. The van der Waals surface area contributed by atoms with Gasteiger partial charge in [-0.2, -0.15) is 52.0 Å². The summed E-state index contributed by atoms with van der Waals surface area (Å²) in [5, 5.41) is 25.3. The van der Waals surface area contributed by atoms with Gasteiger partial charge in [0.25, 0.3) is 0 Å². The van der Waals surface area contributed by atoms with E-state index < -0.39 is 143 Å². The molecule has 8 aliphatic rings. The van der Waals surface area contributed by atoms with Crippen LogP contribution < -0.4 is 91.2 Å². The van der Waals surface area contributed by atoms with E-state index in [9.17, 15) is 72.6 Å². The molecule has 8 bridgehead atoms. The van der Waals surface area contributed by atoms with E-state index in [0.29, 0.717) is 64.2 Å². The fourth-order valence-electron chi connectivity index (χ4n) is 14.9. The summed E-state index contributed by atoms with van der Waals surface area (Å²) in [6.07, 6.45) is 9.33. The van der Waals surface area contributed by atoms with Gasteiger partial charge in [0.05, 0.1) is 34.9 Å². The van der Waals surface area contributed by atoms with Crippen molar-refractivity contribution in [3.05, 3.63) is 0 Å². The predicted octanol–water partition coefficient (Wildman–Crippen LogP) is 10.1. The average molecular weight is 1670 g/mol. The minimum absolute atomic E-state index is 0. The fraction of sp³-hybridized carbons (Fsp3) is 0.912. The Kier molecular flexibility index (Phi) is 36.4. The van der Waals surface area contributed by atoms with Gasteiger partial charge in [-0.15, -0.1) is 0 Å². The van der Waals surface area contributed by atoms with Crippen molar-refractivity contribution in [2.24, 2.45) is 65.0 Å². The summed E-state index contributed by atoms with van der Waals surface area (Å²) in [7, 11) is -23.3. The molecule has 0 aromatic carbocycles. The Balaban J connectivity index is 0.000000696. The van der Waals surface area contributed by atoms with Crippen LogP contribution in [0.5, 0.6) is 0 Å². The van der Waals surface area contributed by atoms with Crippen molar-refractivity contribution in [1.29, 1.82) is 0 Å². The molecule has 0 heterocycles. The Labute approximate surface area is 690 Å². The molecule has 4 unspecified atom stereocenters. The molecule has 0 aromatic heterocycles. The second-order valence-electron chi connectivity index (χ2n) is 37.0. The minimum Gasteiger partial charge on any atom is -0.861 e. The molecule has 104 heavy (non-hydrogen) atoms. The first-order valence-corrected chi connectivity index (χ1v) is 57.8. The maximum atomic E-state index is 12.7. The molecule has 0 aromatic rings. The van der Waals surface area contributed by atoms with Crippen LogP contribution in [0.25, 0.3) is 0 Å². The van der Waals surface area contributed by atoms with E-state index in [1.54, 1.807) is 27.7 Å². The van der Waals surface area contributed by atoms with Gasteiger partial charge in [-0.1, -0.05) is 27.7 Å². The van der Waals surface area contributed by atoms with Crippen LogP contribution in [0.3, 0.4) is 0 Å². The van der Waals surface area contributed by atoms with Gasteiger partial charge < -0.3 is 45.6 Å². The molecule has 0 N–H and O–H groups in total. The molecule has 0 spiro atoms. The van der Waals surface area contributed by atoms with Crippen LogP contribution in [-0.4, -0.2) is 138 Å². The van der Waals surface area contributed by atoms with Crippen LogP contribution >= 0.6 is 0 Å². The molecule has 36 heteroatoms. The molecular weight excluding hydrogens is 1540 g/mol. The molecular formula is C68H126F6KN2NaO18S2Si6. The van der Waals surface area contributed by atoms with E-state index in [0.717, 1.165) is 38.1 Å².